The molecule has 0 radical (unpaired) electrons. The molecule has 0 bridgehead atoms. The summed E-state index contributed by atoms with van der Waals surface area (Å²) in [6.45, 7) is 7.01. The van der Waals surface area contributed by atoms with E-state index >= 15 is 0 Å². The van der Waals surface area contributed by atoms with Gasteiger partial charge in [0.25, 0.3) is 0 Å². The summed E-state index contributed by atoms with van der Waals surface area (Å²) in [6, 6.07) is 0. The van der Waals surface area contributed by atoms with E-state index in [-0.39, 0.29) is 0 Å². The molecule has 1 heteroatoms. The maximum absolute atomic E-state index is 2.34. The van der Waals surface area contributed by atoms with E-state index in [1.165, 1.54) is 14.2 Å². The molecule has 0 saturated heterocycles. The van der Waals surface area contributed by atoms with Gasteiger partial charge in [-0.25, -0.2) is 0 Å². The van der Waals surface area contributed by atoms with E-state index < -0.39 is 17.9 Å². The molecule has 0 aliphatic carbocycles. The number of rotatable bonds is 3. The molecule has 0 heterocycles. The van der Waals surface area contributed by atoms with E-state index in [9.17, 15) is 0 Å². The van der Waals surface area contributed by atoms with Gasteiger partial charge in [-0.15, -0.1) is 0 Å². The Bertz CT molecular complexity index is 25.7. The zero-order valence-electron chi connectivity index (χ0n) is 5.62. The summed E-state index contributed by atoms with van der Waals surface area (Å²) in [5.74, 6) is 0. The third kappa shape index (κ3) is 3.31. The summed E-state index contributed by atoms with van der Waals surface area (Å²) in [5.41, 5.74) is 0. The molecule has 0 aromatic rings. The molecule has 0 amide bonds. The van der Waals surface area contributed by atoms with Crippen molar-refractivity contribution < 1.29 is 17.9 Å². The SMILES string of the molecule is C[CH2][Ti]([CH2]C)[CH2]C. The van der Waals surface area contributed by atoms with E-state index in [1.807, 2.05) is 0 Å². The fourth-order valence-corrected chi connectivity index (χ4v) is 3.09. The van der Waals surface area contributed by atoms with E-state index in [2.05, 4.69) is 20.8 Å². The zero-order valence-corrected chi connectivity index (χ0v) is 7.18. The van der Waals surface area contributed by atoms with E-state index in [4.69, 9.17) is 0 Å². The van der Waals surface area contributed by atoms with Gasteiger partial charge in [-0.1, -0.05) is 0 Å². The molecule has 0 N–H and O–H groups in total. The number of hydrogen-bond acceptors (Lipinski definition) is 0. The van der Waals surface area contributed by atoms with Crippen LogP contribution in [0.4, 0.5) is 0 Å². The Hall–Kier alpha value is 0.714. The Morgan fingerprint density at radius 1 is 0.857 bits per heavy atom. The molecule has 0 spiro atoms. The summed E-state index contributed by atoms with van der Waals surface area (Å²) in [6.07, 6.45) is 0. The van der Waals surface area contributed by atoms with Crippen molar-refractivity contribution in [3.05, 3.63) is 0 Å². The molecule has 0 fully saturated rings. The Labute approximate surface area is 53.1 Å². The summed E-state index contributed by atoms with van der Waals surface area (Å²) in [4.78, 5) is 0. The Morgan fingerprint density at radius 2 is 1.14 bits per heavy atom. The first-order valence-corrected chi connectivity index (χ1v) is 6.49. The van der Waals surface area contributed by atoms with Gasteiger partial charge in [0, 0.05) is 0 Å². The van der Waals surface area contributed by atoms with Crippen LogP contribution in [-0.4, -0.2) is 0 Å². The van der Waals surface area contributed by atoms with Gasteiger partial charge in [0.2, 0.25) is 0 Å². The van der Waals surface area contributed by atoms with E-state index in [0.29, 0.717) is 0 Å². The molecule has 0 aliphatic heterocycles. The Morgan fingerprint density at radius 3 is 1.14 bits per heavy atom. The van der Waals surface area contributed by atoms with Crippen molar-refractivity contribution in [2.24, 2.45) is 0 Å². The van der Waals surface area contributed by atoms with Gasteiger partial charge in [0.1, 0.15) is 0 Å². The molecule has 0 aromatic heterocycles. The van der Waals surface area contributed by atoms with Crippen LogP contribution in [0.5, 0.6) is 0 Å². The van der Waals surface area contributed by atoms with Crippen LogP contribution in [0.3, 0.4) is 0 Å². The average molecular weight is 135 g/mol. The predicted octanol–water partition coefficient (Wildman–Crippen LogP) is 2.92. The van der Waals surface area contributed by atoms with Gasteiger partial charge in [0.05, 0.1) is 0 Å². The van der Waals surface area contributed by atoms with E-state index in [0.717, 1.165) is 0 Å². The molecule has 0 aliphatic rings. The van der Waals surface area contributed by atoms with Gasteiger partial charge < -0.3 is 0 Å². The van der Waals surface area contributed by atoms with Crippen molar-refractivity contribution in [3.63, 3.8) is 0 Å². The first-order chi connectivity index (χ1) is 3.35. The van der Waals surface area contributed by atoms with Gasteiger partial charge in [-0.05, 0) is 0 Å². The van der Waals surface area contributed by atoms with Crippen LogP contribution in [0.2, 0.25) is 14.2 Å². The summed E-state index contributed by atoms with van der Waals surface area (Å²) < 4.78 is 4.56. The zero-order chi connectivity index (χ0) is 5.70. The van der Waals surface area contributed by atoms with Crippen LogP contribution in [-0.2, 0) is 17.9 Å². The van der Waals surface area contributed by atoms with Crippen LogP contribution in [0.15, 0.2) is 0 Å². The molecule has 0 saturated carbocycles. The van der Waals surface area contributed by atoms with Crippen molar-refractivity contribution in [1.82, 2.24) is 0 Å². The van der Waals surface area contributed by atoms with Crippen LogP contribution >= 0.6 is 0 Å². The van der Waals surface area contributed by atoms with Crippen LogP contribution < -0.4 is 0 Å². The second-order valence-electron chi connectivity index (χ2n) is 1.81. The minimum atomic E-state index is -0.403. The molecule has 0 nitrogen and oxygen atoms in total. The fourth-order valence-electron chi connectivity index (χ4n) is 0.750. The predicted molar refractivity (Wildman–Crippen MR) is 31.4 cm³/mol. The third-order valence-corrected chi connectivity index (χ3v) is 6.18. The van der Waals surface area contributed by atoms with Crippen molar-refractivity contribution in [1.29, 1.82) is 0 Å². The van der Waals surface area contributed by atoms with Crippen LogP contribution in [0.1, 0.15) is 20.8 Å². The molecular formula is C6H15Ti. The molecular weight excluding hydrogens is 120 g/mol. The van der Waals surface area contributed by atoms with Gasteiger partial charge >= 0.3 is 52.8 Å². The normalized spacial score (nSPS) is 9.00. The van der Waals surface area contributed by atoms with Crippen LogP contribution in [0, 0.1) is 0 Å². The summed E-state index contributed by atoms with van der Waals surface area (Å²) in [7, 11) is 0. The van der Waals surface area contributed by atoms with E-state index in [1.54, 1.807) is 0 Å². The van der Waals surface area contributed by atoms with Crippen molar-refractivity contribution in [2.45, 2.75) is 34.9 Å². The van der Waals surface area contributed by atoms with Gasteiger partial charge in [-0.2, -0.15) is 0 Å². The standard InChI is InChI=1S/3C2H5.Ti/c3*1-2;/h3*1H2,2H3;. The second kappa shape index (κ2) is 4.86. The topological polar surface area (TPSA) is 0 Å². The van der Waals surface area contributed by atoms with Crippen molar-refractivity contribution >= 4 is 0 Å². The monoisotopic (exact) mass is 135 g/mol. The van der Waals surface area contributed by atoms with Crippen molar-refractivity contribution in [3.8, 4) is 0 Å². The molecule has 0 aromatic carbocycles. The fraction of sp³-hybridized carbons (Fsp3) is 1.00. The molecule has 43 valence electrons. The second-order valence-corrected chi connectivity index (χ2v) is 7.47. The van der Waals surface area contributed by atoms with Gasteiger partial charge in [-0.3, -0.25) is 0 Å². The number of hydrogen-bond donors (Lipinski definition) is 0. The minimum absolute atomic E-state index is 0.403. The maximum atomic E-state index is 2.34. The Kier molecular flexibility index (Phi) is 5.36. The molecule has 0 atom stereocenters. The van der Waals surface area contributed by atoms with Crippen LogP contribution in [0.25, 0.3) is 0 Å². The molecule has 0 unspecified atom stereocenters. The van der Waals surface area contributed by atoms with Gasteiger partial charge in [0.15, 0.2) is 0 Å². The first kappa shape index (κ1) is 7.71. The summed E-state index contributed by atoms with van der Waals surface area (Å²) >= 11 is -0.403. The molecule has 0 rings (SSSR count). The van der Waals surface area contributed by atoms with Crippen molar-refractivity contribution in [2.75, 3.05) is 0 Å². The molecule has 7 heavy (non-hydrogen) atoms. The first-order valence-electron chi connectivity index (χ1n) is 3.18. The summed E-state index contributed by atoms with van der Waals surface area (Å²) in [5, 5.41) is 0. The third-order valence-electron chi connectivity index (χ3n) is 1.50. The quantitative estimate of drug-likeness (QED) is 0.522. The average Bonchev–Trinajstić information content (AvgIpc) is 1.72. The Balaban J connectivity index is 2.99.